The van der Waals surface area contributed by atoms with Crippen molar-refractivity contribution in [3.8, 4) is 5.75 Å². The summed E-state index contributed by atoms with van der Waals surface area (Å²) >= 11 is 0. The minimum absolute atomic E-state index is 0.228. The molecule has 0 fully saturated rings. The van der Waals surface area contributed by atoms with E-state index in [1.807, 2.05) is 19.1 Å². The van der Waals surface area contributed by atoms with Crippen LogP contribution in [0.4, 0.5) is 0 Å². The molecule has 1 unspecified atom stereocenters. The predicted octanol–water partition coefficient (Wildman–Crippen LogP) is 1.65. The summed E-state index contributed by atoms with van der Waals surface area (Å²) in [6.07, 6.45) is 0.793. The van der Waals surface area contributed by atoms with E-state index >= 15 is 0 Å². The summed E-state index contributed by atoms with van der Waals surface area (Å²) in [7, 11) is 1.35. The summed E-state index contributed by atoms with van der Waals surface area (Å²) in [6.45, 7) is 1.82. The highest BCUT2D eigenvalue weighted by Gasteiger charge is 2.10. The molecule has 1 aromatic carbocycles. The van der Waals surface area contributed by atoms with Gasteiger partial charge in [0.05, 0.1) is 7.11 Å². The van der Waals surface area contributed by atoms with Crippen LogP contribution in [-0.2, 0) is 9.53 Å². The van der Waals surface area contributed by atoms with Gasteiger partial charge in [-0.2, -0.15) is 0 Å². The molecule has 1 rings (SSSR count). The highest BCUT2D eigenvalue weighted by Crippen LogP contribution is 2.23. The van der Waals surface area contributed by atoms with Crippen molar-refractivity contribution in [2.75, 3.05) is 7.11 Å². The molecule has 0 heterocycles. The lowest BCUT2D eigenvalue weighted by Gasteiger charge is -2.12. The first-order valence-electron chi connectivity index (χ1n) is 5.16. The highest BCUT2D eigenvalue weighted by molar-refractivity contribution is 5.69. The second-order valence-corrected chi connectivity index (χ2v) is 3.77. The van der Waals surface area contributed by atoms with Crippen LogP contribution in [0.15, 0.2) is 18.2 Å². The number of rotatable bonds is 4. The first kappa shape index (κ1) is 12.5. The van der Waals surface area contributed by atoms with Gasteiger partial charge in [0.2, 0.25) is 0 Å². The van der Waals surface area contributed by atoms with Gasteiger partial charge in [-0.1, -0.05) is 12.1 Å². The van der Waals surface area contributed by atoms with E-state index in [2.05, 4.69) is 4.74 Å². The minimum Gasteiger partial charge on any atom is -0.508 e. The smallest absolute Gasteiger partial charge is 0.305 e. The number of aryl methyl sites for hydroxylation is 1. The SMILES string of the molecule is COC(=O)CCC(N)c1ccc(C)c(O)c1. The summed E-state index contributed by atoms with van der Waals surface area (Å²) in [5.41, 5.74) is 7.53. The van der Waals surface area contributed by atoms with Crippen LogP contribution in [0.25, 0.3) is 0 Å². The Morgan fingerprint density at radius 2 is 2.25 bits per heavy atom. The van der Waals surface area contributed by atoms with E-state index < -0.39 is 0 Å². The number of phenols is 1. The fourth-order valence-electron chi connectivity index (χ4n) is 1.40. The predicted molar refractivity (Wildman–Crippen MR) is 61.0 cm³/mol. The van der Waals surface area contributed by atoms with Crippen molar-refractivity contribution >= 4 is 5.97 Å². The Morgan fingerprint density at radius 3 is 2.81 bits per heavy atom. The fourth-order valence-corrected chi connectivity index (χ4v) is 1.40. The van der Waals surface area contributed by atoms with E-state index in [0.29, 0.717) is 6.42 Å². The second-order valence-electron chi connectivity index (χ2n) is 3.77. The first-order valence-corrected chi connectivity index (χ1v) is 5.16. The van der Waals surface area contributed by atoms with Gasteiger partial charge < -0.3 is 15.6 Å². The molecule has 0 aliphatic heterocycles. The van der Waals surface area contributed by atoms with Crippen molar-refractivity contribution in [2.45, 2.75) is 25.8 Å². The quantitative estimate of drug-likeness (QED) is 0.761. The van der Waals surface area contributed by atoms with Crippen LogP contribution in [-0.4, -0.2) is 18.2 Å². The maximum Gasteiger partial charge on any atom is 0.305 e. The molecule has 4 nitrogen and oxygen atoms in total. The molecule has 4 heteroatoms. The van der Waals surface area contributed by atoms with E-state index in [4.69, 9.17) is 5.73 Å². The molecule has 0 amide bonds. The third kappa shape index (κ3) is 3.24. The number of hydrogen-bond acceptors (Lipinski definition) is 4. The Kier molecular flexibility index (Phi) is 4.31. The van der Waals surface area contributed by atoms with Crippen LogP contribution in [0.1, 0.15) is 30.0 Å². The molecule has 0 saturated carbocycles. The third-order valence-electron chi connectivity index (χ3n) is 2.55. The Balaban J connectivity index is 2.62. The molecule has 0 saturated heterocycles. The van der Waals surface area contributed by atoms with Crippen LogP contribution < -0.4 is 5.73 Å². The van der Waals surface area contributed by atoms with Gasteiger partial charge in [-0.3, -0.25) is 4.79 Å². The Morgan fingerprint density at radius 1 is 1.56 bits per heavy atom. The second kappa shape index (κ2) is 5.51. The van der Waals surface area contributed by atoms with Crippen molar-refractivity contribution in [2.24, 2.45) is 5.73 Å². The number of hydrogen-bond donors (Lipinski definition) is 2. The molecule has 1 aromatic rings. The largest absolute Gasteiger partial charge is 0.508 e. The zero-order valence-electron chi connectivity index (χ0n) is 9.56. The number of carbonyl (C=O) groups is 1. The number of carbonyl (C=O) groups excluding carboxylic acids is 1. The number of methoxy groups -OCH3 is 1. The number of esters is 1. The average Bonchev–Trinajstić information content (AvgIpc) is 2.29. The lowest BCUT2D eigenvalue weighted by atomic mass is 10.0. The van der Waals surface area contributed by atoms with Crippen molar-refractivity contribution in [3.05, 3.63) is 29.3 Å². The maximum atomic E-state index is 10.9. The minimum atomic E-state index is -0.271. The molecule has 0 spiro atoms. The van der Waals surface area contributed by atoms with E-state index in [9.17, 15) is 9.90 Å². The van der Waals surface area contributed by atoms with Gasteiger partial charge in [-0.05, 0) is 30.5 Å². The Hall–Kier alpha value is -1.55. The zero-order valence-corrected chi connectivity index (χ0v) is 9.56. The van der Waals surface area contributed by atoms with Crippen LogP contribution in [0.5, 0.6) is 5.75 Å². The van der Waals surface area contributed by atoms with Crippen LogP contribution in [0.3, 0.4) is 0 Å². The van der Waals surface area contributed by atoms with Gasteiger partial charge in [0, 0.05) is 12.5 Å². The lowest BCUT2D eigenvalue weighted by Crippen LogP contribution is -2.13. The molecule has 16 heavy (non-hydrogen) atoms. The zero-order chi connectivity index (χ0) is 12.1. The summed E-state index contributed by atoms with van der Waals surface area (Å²) in [5.74, 6) is -0.0437. The molecule has 0 aliphatic rings. The van der Waals surface area contributed by atoms with E-state index in [0.717, 1.165) is 11.1 Å². The Bertz CT molecular complexity index is 377. The van der Waals surface area contributed by atoms with Gasteiger partial charge in [0.25, 0.3) is 0 Å². The summed E-state index contributed by atoms with van der Waals surface area (Å²) < 4.78 is 4.54. The van der Waals surface area contributed by atoms with E-state index in [1.165, 1.54) is 7.11 Å². The van der Waals surface area contributed by atoms with Gasteiger partial charge in [0.1, 0.15) is 5.75 Å². The number of ether oxygens (including phenoxy) is 1. The number of phenolic OH excluding ortho intramolecular Hbond substituents is 1. The van der Waals surface area contributed by atoms with Gasteiger partial charge >= 0.3 is 5.97 Å². The van der Waals surface area contributed by atoms with Gasteiger partial charge in [-0.25, -0.2) is 0 Å². The number of aromatic hydroxyl groups is 1. The molecule has 0 aromatic heterocycles. The van der Waals surface area contributed by atoms with Crippen LogP contribution in [0.2, 0.25) is 0 Å². The molecular formula is C12H17NO3. The van der Waals surface area contributed by atoms with Crippen LogP contribution in [0, 0.1) is 6.92 Å². The van der Waals surface area contributed by atoms with Crippen molar-refractivity contribution in [1.29, 1.82) is 0 Å². The summed E-state index contributed by atoms with van der Waals surface area (Å²) in [4.78, 5) is 10.9. The van der Waals surface area contributed by atoms with E-state index in [-0.39, 0.29) is 24.2 Å². The standard InChI is InChI=1S/C12H17NO3/c1-8-3-4-9(7-11(8)14)10(13)5-6-12(15)16-2/h3-4,7,10,14H,5-6,13H2,1-2H3. The van der Waals surface area contributed by atoms with Crippen molar-refractivity contribution < 1.29 is 14.6 Å². The van der Waals surface area contributed by atoms with Crippen LogP contribution >= 0.6 is 0 Å². The summed E-state index contributed by atoms with van der Waals surface area (Å²) in [6, 6.07) is 5.04. The normalized spacial score (nSPS) is 12.2. The number of benzene rings is 1. The topological polar surface area (TPSA) is 72.5 Å². The third-order valence-corrected chi connectivity index (χ3v) is 2.55. The molecule has 88 valence electrons. The first-order chi connectivity index (χ1) is 7.54. The average molecular weight is 223 g/mol. The molecule has 0 bridgehead atoms. The molecule has 0 radical (unpaired) electrons. The monoisotopic (exact) mass is 223 g/mol. The van der Waals surface area contributed by atoms with Crippen molar-refractivity contribution in [1.82, 2.24) is 0 Å². The maximum absolute atomic E-state index is 10.9. The molecule has 1 atom stereocenters. The lowest BCUT2D eigenvalue weighted by molar-refractivity contribution is -0.140. The molecule has 3 N–H and O–H groups in total. The van der Waals surface area contributed by atoms with Crippen molar-refractivity contribution in [3.63, 3.8) is 0 Å². The number of nitrogens with two attached hydrogens (primary N) is 1. The Labute approximate surface area is 95.0 Å². The highest BCUT2D eigenvalue weighted by atomic mass is 16.5. The fraction of sp³-hybridized carbons (Fsp3) is 0.417. The molecule has 0 aliphatic carbocycles. The summed E-state index contributed by atoms with van der Waals surface area (Å²) in [5, 5.41) is 9.53. The van der Waals surface area contributed by atoms with E-state index in [1.54, 1.807) is 6.07 Å². The van der Waals surface area contributed by atoms with Gasteiger partial charge in [-0.15, -0.1) is 0 Å². The van der Waals surface area contributed by atoms with Gasteiger partial charge in [0.15, 0.2) is 0 Å². The molecular weight excluding hydrogens is 206 g/mol.